The fraction of sp³-hybridized carbons (Fsp3) is 0.448. The summed E-state index contributed by atoms with van der Waals surface area (Å²) in [6, 6.07) is 9.09. The predicted octanol–water partition coefficient (Wildman–Crippen LogP) is 3.57. The number of hydrogen-bond acceptors (Lipinski definition) is 9. The van der Waals surface area contributed by atoms with E-state index >= 15 is 0 Å². The zero-order valence-corrected chi connectivity index (χ0v) is 21.8. The number of Topliss-reactive ketones (excluding diaryl/α,β-unsaturated/α-hetero) is 2. The minimum Gasteiger partial charge on any atom is -0.504 e. The highest BCUT2D eigenvalue weighted by Crippen LogP contribution is 2.62. The number of carbonyl (C=O) groups excluding carboxylic acids is 4. The zero-order valence-electron chi connectivity index (χ0n) is 21.8. The van der Waals surface area contributed by atoms with Crippen molar-refractivity contribution in [3.8, 4) is 0 Å². The van der Waals surface area contributed by atoms with Crippen LogP contribution in [0.3, 0.4) is 0 Å². The van der Waals surface area contributed by atoms with Crippen LogP contribution in [0.25, 0.3) is 0 Å². The van der Waals surface area contributed by atoms with Crippen molar-refractivity contribution in [2.75, 3.05) is 19.0 Å². The van der Waals surface area contributed by atoms with Crippen LogP contribution in [0.2, 0.25) is 0 Å². The molecule has 1 aromatic carbocycles. The van der Waals surface area contributed by atoms with E-state index < -0.39 is 52.4 Å². The third-order valence-corrected chi connectivity index (χ3v) is 8.58. The molecule has 4 aliphatic rings. The minimum atomic E-state index is -1.27. The Morgan fingerprint density at radius 1 is 1.21 bits per heavy atom. The van der Waals surface area contributed by atoms with Crippen molar-refractivity contribution in [2.45, 2.75) is 52.2 Å². The monoisotopic (exact) mass is 521 g/mol. The summed E-state index contributed by atoms with van der Waals surface area (Å²) in [6.45, 7) is 4.80. The van der Waals surface area contributed by atoms with E-state index in [1.54, 1.807) is 26.0 Å². The lowest BCUT2D eigenvalue weighted by atomic mass is 9.53. The molecule has 2 unspecified atom stereocenters. The van der Waals surface area contributed by atoms with E-state index in [1.165, 1.54) is 20.2 Å². The van der Waals surface area contributed by atoms with Gasteiger partial charge in [0, 0.05) is 61.2 Å². The molecule has 0 aromatic heterocycles. The first-order valence-corrected chi connectivity index (χ1v) is 12.7. The first-order chi connectivity index (χ1) is 18.0. The van der Waals surface area contributed by atoms with Gasteiger partial charge in [-0.1, -0.05) is 25.1 Å². The van der Waals surface area contributed by atoms with Crippen molar-refractivity contribution in [1.82, 2.24) is 0 Å². The summed E-state index contributed by atoms with van der Waals surface area (Å²) in [7, 11) is 1.46. The van der Waals surface area contributed by atoms with Crippen molar-refractivity contribution in [3.63, 3.8) is 0 Å². The molecule has 3 aliphatic carbocycles. The Labute approximate surface area is 220 Å². The van der Waals surface area contributed by atoms with Crippen LogP contribution in [0.5, 0.6) is 0 Å². The van der Waals surface area contributed by atoms with Gasteiger partial charge in [-0.05, 0) is 31.1 Å². The van der Waals surface area contributed by atoms with E-state index in [9.17, 15) is 24.3 Å². The number of carbonyl (C=O) groups is 4. The molecule has 1 aromatic rings. The Balaban J connectivity index is 1.74. The van der Waals surface area contributed by atoms with Gasteiger partial charge in [-0.3, -0.25) is 14.4 Å². The second-order valence-electron chi connectivity index (χ2n) is 10.7. The molecule has 2 N–H and O–H groups in total. The summed E-state index contributed by atoms with van der Waals surface area (Å²) in [6.07, 6.45) is 0.482. The van der Waals surface area contributed by atoms with Crippen molar-refractivity contribution in [3.05, 3.63) is 64.6 Å². The molecule has 1 saturated heterocycles. The number of ether oxygens (including phenoxy) is 3. The van der Waals surface area contributed by atoms with E-state index in [0.29, 0.717) is 17.7 Å². The van der Waals surface area contributed by atoms with Crippen LogP contribution in [-0.2, 0) is 33.4 Å². The molecule has 2 fully saturated rings. The number of hydrogen-bond donors (Lipinski definition) is 2. The van der Waals surface area contributed by atoms with Gasteiger partial charge in [0.15, 0.2) is 5.76 Å². The van der Waals surface area contributed by atoms with Crippen LogP contribution in [-0.4, -0.2) is 54.5 Å². The molecule has 200 valence electrons. The molecular formula is C29H31NO8. The van der Waals surface area contributed by atoms with Crippen LogP contribution in [0.1, 0.15) is 40.0 Å². The summed E-state index contributed by atoms with van der Waals surface area (Å²) in [5, 5.41) is 14.5. The van der Waals surface area contributed by atoms with Crippen LogP contribution < -0.4 is 5.32 Å². The highest BCUT2D eigenvalue weighted by atomic mass is 16.6. The standard InChI is InChI=1S/C29H31NO8/c1-15(31)37-19-12-28(2)18(10-11-20(28)32)22-24(19)29(3)21(14-36-4)38-27(35)17(23(29)26(34)25(22)33)13-30-16-8-6-5-7-9-16/h5-9,13,18-19,21,30,34H,10-12,14H2,1-4H3/b17-13+/t18-,19+,21+,28?,29?/m0/s1. The minimum absolute atomic E-state index is 0.00502. The van der Waals surface area contributed by atoms with E-state index in [0.717, 1.165) is 0 Å². The molecule has 1 saturated carbocycles. The Hall–Kier alpha value is -3.72. The fourth-order valence-corrected chi connectivity index (χ4v) is 6.79. The Morgan fingerprint density at radius 2 is 1.92 bits per heavy atom. The Morgan fingerprint density at radius 3 is 2.58 bits per heavy atom. The fourth-order valence-electron chi connectivity index (χ4n) is 6.79. The van der Waals surface area contributed by atoms with Gasteiger partial charge in [0.25, 0.3) is 0 Å². The molecule has 1 heterocycles. The molecule has 1 aliphatic heterocycles. The second-order valence-corrected chi connectivity index (χ2v) is 10.7. The topological polar surface area (TPSA) is 128 Å². The highest BCUT2D eigenvalue weighted by Gasteiger charge is 2.64. The van der Waals surface area contributed by atoms with Crippen LogP contribution in [0.4, 0.5) is 5.69 Å². The van der Waals surface area contributed by atoms with Crippen molar-refractivity contribution < 1.29 is 38.5 Å². The number of benzene rings is 1. The number of esters is 2. The van der Waals surface area contributed by atoms with Crippen LogP contribution >= 0.6 is 0 Å². The van der Waals surface area contributed by atoms with Gasteiger partial charge in [-0.15, -0.1) is 0 Å². The summed E-state index contributed by atoms with van der Waals surface area (Å²) in [4.78, 5) is 52.4. The Kier molecular flexibility index (Phi) is 6.30. The third-order valence-electron chi connectivity index (χ3n) is 8.58. The molecule has 5 rings (SSSR count). The molecule has 5 atom stereocenters. The van der Waals surface area contributed by atoms with Gasteiger partial charge in [0.1, 0.15) is 18.0 Å². The lowest BCUT2D eigenvalue weighted by molar-refractivity contribution is -0.160. The smallest absolute Gasteiger partial charge is 0.340 e. The average Bonchev–Trinajstić information content (AvgIpc) is 3.16. The predicted molar refractivity (Wildman–Crippen MR) is 136 cm³/mol. The number of cyclic esters (lactones) is 1. The van der Waals surface area contributed by atoms with E-state index in [4.69, 9.17) is 14.2 Å². The van der Waals surface area contributed by atoms with Gasteiger partial charge in [-0.2, -0.15) is 0 Å². The number of ketones is 2. The summed E-state index contributed by atoms with van der Waals surface area (Å²) < 4.78 is 17.1. The number of methoxy groups -OCH3 is 1. The van der Waals surface area contributed by atoms with Gasteiger partial charge >= 0.3 is 11.9 Å². The first-order valence-electron chi connectivity index (χ1n) is 12.7. The number of anilines is 1. The van der Waals surface area contributed by atoms with Crippen molar-refractivity contribution >= 4 is 29.2 Å². The van der Waals surface area contributed by atoms with E-state index in [1.807, 2.05) is 18.2 Å². The summed E-state index contributed by atoms with van der Waals surface area (Å²) in [5.41, 5.74) is -0.692. The van der Waals surface area contributed by atoms with Crippen molar-refractivity contribution in [1.29, 1.82) is 0 Å². The lowest BCUT2D eigenvalue weighted by Crippen LogP contribution is -2.57. The van der Waals surface area contributed by atoms with E-state index in [2.05, 4.69) is 5.32 Å². The maximum atomic E-state index is 13.9. The lowest BCUT2D eigenvalue weighted by Gasteiger charge is -2.53. The number of rotatable bonds is 5. The van der Waals surface area contributed by atoms with Crippen LogP contribution in [0.15, 0.2) is 64.6 Å². The molecule has 9 nitrogen and oxygen atoms in total. The third kappa shape index (κ3) is 3.71. The molecule has 0 spiro atoms. The highest BCUT2D eigenvalue weighted by molar-refractivity contribution is 6.14. The summed E-state index contributed by atoms with van der Waals surface area (Å²) in [5.74, 6) is -2.99. The van der Waals surface area contributed by atoms with Gasteiger partial charge in [0.2, 0.25) is 5.78 Å². The quantitative estimate of drug-likeness (QED) is 0.441. The largest absolute Gasteiger partial charge is 0.504 e. The Bertz CT molecular complexity index is 1330. The molecule has 0 bridgehead atoms. The average molecular weight is 522 g/mol. The van der Waals surface area contributed by atoms with Gasteiger partial charge in [-0.25, -0.2) is 4.79 Å². The second kappa shape index (κ2) is 9.23. The first kappa shape index (κ1) is 25.9. The maximum absolute atomic E-state index is 13.9. The number of aliphatic hydroxyl groups is 1. The molecule has 38 heavy (non-hydrogen) atoms. The van der Waals surface area contributed by atoms with Gasteiger partial charge < -0.3 is 24.6 Å². The zero-order chi connectivity index (χ0) is 27.4. The molecule has 0 amide bonds. The molecular weight excluding hydrogens is 490 g/mol. The number of allylic oxidation sites excluding steroid dienone is 1. The van der Waals surface area contributed by atoms with Crippen LogP contribution in [0, 0.1) is 16.7 Å². The SMILES string of the molecule is COC[C@H]1OC(=O)/C(=C/Nc2ccccc2)C2=C(O)C(=O)C3=C([C@H](OC(C)=O)CC4(C)C(=O)CC[C@@H]34)C21C. The number of para-hydroxylation sites is 1. The van der Waals surface area contributed by atoms with E-state index in [-0.39, 0.29) is 42.0 Å². The number of fused-ring (bicyclic) bond motifs is 4. The normalized spacial score (nSPS) is 33.5. The molecule has 9 heteroatoms. The summed E-state index contributed by atoms with van der Waals surface area (Å²) >= 11 is 0. The molecule has 0 radical (unpaired) electrons. The number of nitrogens with one attached hydrogen (secondary N) is 1. The van der Waals surface area contributed by atoms with Gasteiger partial charge in [0.05, 0.1) is 17.6 Å². The maximum Gasteiger partial charge on any atom is 0.340 e. The van der Waals surface area contributed by atoms with Crippen molar-refractivity contribution in [2.24, 2.45) is 16.7 Å². The number of aliphatic hydroxyl groups excluding tert-OH is 1.